The van der Waals surface area contributed by atoms with E-state index >= 15 is 0 Å². The molecule has 0 unspecified atom stereocenters. The minimum Gasteiger partial charge on any atom is -0.507 e. The second-order valence-corrected chi connectivity index (χ2v) is 10.5. The van der Waals surface area contributed by atoms with Crippen LogP contribution in [0.5, 0.6) is 11.5 Å². The molecule has 5 rings (SSSR count). The van der Waals surface area contributed by atoms with Crippen LogP contribution in [0.1, 0.15) is 11.1 Å². The Morgan fingerprint density at radius 3 is 1.20 bits per heavy atom. The molecule has 1 aliphatic heterocycles. The maximum Gasteiger partial charge on any atom is 0.336 e. The summed E-state index contributed by atoms with van der Waals surface area (Å²) in [5.41, 5.74) is 0.873. The van der Waals surface area contributed by atoms with E-state index in [-0.39, 0.29) is 11.5 Å². The molecule has 0 spiro atoms. The van der Waals surface area contributed by atoms with Gasteiger partial charge < -0.3 is 38.0 Å². The quantitative estimate of drug-likeness (QED) is 0.328. The Hall–Kier alpha value is -3.78. The van der Waals surface area contributed by atoms with Crippen molar-refractivity contribution in [3.8, 4) is 11.5 Å². The van der Waals surface area contributed by atoms with Gasteiger partial charge in [-0.15, -0.1) is 0 Å². The molecule has 1 saturated heterocycles. The molecule has 0 bridgehead atoms. The first kappa shape index (κ1) is 31.6. The number of hydrogen-bond acceptors (Lipinski definition) is 12. The van der Waals surface area contributed by atoms with E-state index in [0.717, 1.165) is 10.8 Å². The number of ether oxygens (including phenoxy) is 4. The molecule has 0 aliphatic carbocycles. The molecule has 12 heteroatoms. The standard InChI is InChI=1S/C32H38N2O10/c35-27-5-1-23-3-7-29(37)43-31(23)25(27)21-33-9-13-39-17-19-41-15-11-34(12-16-42-20-18-40-14-10-33)22-26-28(36)6-2-24-4-8-30(38)44-32(24)26/h1-8,35-36H,9-22H2. The summed E-state index contributed by atoms with van der Waals surface area (Å²) in [7, 11) is 0. The number of aromatic hydroxyl groups is 2. The molecule has 0 radical (unpaired) electrons. The number of hydrogen-bond donors (Lipinski definition) is 2. The molecule has 3 heterocycles. The predicted octanol–water partition coefficient (Wildman–Crippen LogP) is 2.69. The second kappa shape index (κ2) is 15.8. The van der Waals surface area contributed by atoms with Crippen LogP contribution in [0.3, 0.4) is 0 Å². The average Bonchev–Trinajstić information content (AvgIpc) is 3.01. The molecule has 0 amide bonds. The lowest BCUT2D eigenvalue weighted by Gasteiger charge is -2.24. The van der Waals surface area contributed by atoms with Crippen molar-refractivity contribution in [1.82, 2.24) is 9.80 Å². The summed E-state index contributed by atoms with van der Waals surface area (Å²) in [6, 6.07) is 12.7. The largest absolute Gasteiger partial charge is 0.507 e. The van der Waals surface area contributed by atoms with E-state index in [2.05, 4.69) is 9.80 Å². The number of phenolic OH excluding ortho intramolecular Hbond substituents is 2. The Kier molecular flexibility index (Phi) is 11.4. The number of rotatable bonds is 4. The highest BCUT2D eigenvalue weighted by Crippen LogP contribution is 2.28. The van der Waals surface area contributed by atoms with Crippen molar-refractivity contribution < 1.29 is 38.0 Å². The smallest absolute Gasteiger partial charge is 0.336 e. The van der Waals surface area contributed by atoms with Crippen molar-refractivity contribution in [2.24, 2.45) is 0 Å². The lowest BCUT2D eigenvalue weighted by molar-refractivity contribution is 0.00614. The molecule has 1 fully saturated rings. The normalized spacial score (nSPS) is 17.8. The third-order valence-electron chi connectivity index (χ3n) is 7.45. The molecule has 236 valence electrons. The van der Waals surface area contributed by atoms with E-state index in [1.165, 1.54) is 12.1 Å². The fraction of sp³-hybridized carbons (Fsp3) is 0.438. The van der Waals surface area contributed by atoms with E-state index in [4.69, 9.17) is 27.8 Å². The lowest BCUT2D eigenvalue weighted by atomic mass is 10.1. The number of fused-ring (bicyclic) bond motifs is 2. The first-order valence-electron chi connectivity index (χ1n) is 14.7. The molecular weight excluding hydrogens is 572 g/mol. The molecular formula is C32H38N2O10. The Labute approximate surface area is 253 Å². The van der Waals surface area contributed by atoms with Gasteiger partial charge in [0.05, 0.1) is 64.0 Å². The maximum absolute atomic E-state index is 11.9. The molecule has 2 aromatic heterocycles. The highest BCUT2D eigenvalue weighted by Gasteiger charge is 2.17. The Morgan fingerprint density at radius 1 is 0.500 bits per heavy atom. The van der Waals surface area contributed by atoms with Crippen LogP contribution in [0.4, 0.5) is 0 Å². The summed E-state index contributed by atoms with van der Waals surface area (Å²) in [5, 5.41) is 22.6. The van der Waals surface area contributed by atoms with Gasteiger partial charge in [-0.05, 0) is 36.4 Å². The minimum absolute atomic E-state index is 0.0594. The van der Waals surface area contributed by atoms with Crippen molar-refractivity contribution in [3.63, 3.8) is 0 Å². The van der Waals surface area contributed by atoms with Crippen molar-refractivity contribution in [3.05, 3.63) is 80.5 Å². The van der Waals surface area contributed by atoms with Crippen molar-refractivity contribution in [2.75, 3.05) is 79.0 Å². The molecule has 1 aliphatic rings. The molecule has 0 atom stereocenters. The second-order valence-electron chi connectivity index (χ2n) is 10.5. The monoisotopic (exact) mass is 610 g/mol. The molecule has 0 saturated carbocycles. The van der Waals surface area contributed by atoms with Crippen LogP contribution >= 0.6 is 0 Å². The zero-order valence-corrected chi connectivity index (χ0v) is 24.6. The molecule has 2 N–H and O–H groups in total. The van der Waals surface area contributed by atoms with Crippen LogP contribution in [-0.2, 0) is 32.0 Å². The van der Waals surface area contributed by atoms with Crippen molar-refractivity contribution in [2.45, 2.75) is 13.1 Å². The molecule has 4 aromatic rings. The summed E-state index contributed by atoms with van der Waals surface area (Å²) >= 11 is 0. The van der Waals surface area contributed by atoms with Crippen LogP contribution in [0.15, 0.2) is 67.0 Å². The Morgan fingerprint density at radius 2 is 0.841 bits per heavy atom. The molecule has 12 nitrogen and oxygen atoms in total. The summed E-state index contributed by atoms with van der Waals surface area (Å²) in [6.45, 7) is 6.26. The van der Waals surface area contributed by atoms with Gasteiger partial charge in [-0.2, -0.15) is 0 Å². The van der Waals surface area contributed by atoms with E-state index in [9.17, 15) is 19.8 Å². The topological polar surface area (TPSA) is 144 Å². The zero-order chi connectivity index (χ0) is 30.7. The first-order valence-corrected chi connectivity index (χ1v) is 14.7. The summed E-state index contributed by atoms with van der Waals surface area (Å²) in [5.74, 6) is 0.119. The maximum atomic E-state index is 11.9. The van der Waals surface area contributed by atoms with Crippen molar-refractivity contribution >= 4 is 21.9 Å². The summed E-state index contributed by atoms with van der Waals surface area (Å²) in [6.07, 6.45) is 0. The van der Waals surface area contributed by atoms with E-state index in [1.807, 2.05) is 0 Å². The van der Waals surface area contributed by atoms with Crippen molar-refractivity contribution in [1.29, 1.82) is 0 Å². The van der Waals surface area contributed by atoms with E-state index in [0.29, 0.717) is 114 Å². The predicted molar refractivity (Wildman–Crippen MR) is 162 cm³/mol. The van der Waals surface area contributed by atoms with Gasteiger partial charge in [0.1, 0.15) is 22.7 Å². The van der Waals surface area contributed by atoms with Crippen LogP contribution in [0.2, 0.25) is 0 Å². The van der Waals surface area contributed by atoms with E-state index < -0.39 is 11.3 Å². The van der Waals surface area contributed by atoms with Gasteiger partial charge in [0.25, 0.3) is 0 Å². The highest BCUT2D eigenvalue weighted by atomic mass is 16.5. The first-order chi connectivity index (χ1) is 21.5. The average molecular weight is 611 g/mol. The molecule has 44 heavy (non-hydrogen) atoms. The number of nitrogens with zero attached hydrogens (tertiary/aromatic N) is 2. The van der Waals surface area contributed by atoms with Gasteiger partial charge in [0.2, 0.25) is 0 Å². The number of benzene rings is 2. The highest BCUT2D eigenvalue weighted by molar-refractivity contribution is 5.82. The van der Waals surface area contributed by atoms with Gasteiger partial charge in [-0.25, -0.2) is 9.59 Å². The number of phenols is 2. The van der Waals surface area contributed by atoms with Crippen LogP contribution in [-0.4, -0.2) is 99.0 Å². The fourth-order valence-electron chi connectivity index (χ4n) is 5.07. The van der Waals surface area contributed by atoms with Gasteiger partial charge in [0, 0.05) is 62.2 Å². The van der Waals surface area contributed by atoms with Gasteiger partial charge >= 0.3 is 11.3 Å². The zero-order valence-electron chi connectivity index (χ0n) is 24.6. The van der Waals surface area contributed by atoms with Crippen LogP contribution in [0.25, 0.3) is 21.9 Å². The van der Waals surface area contributed by atoms with Gasteiger partial charge in [-0.1, -0.05) is 0 Å². The third-order valence-corrected chi connectivity index (χ3v) is 7.45. The summed E-state index contributed by atoms with van der Waals surface area (Å²) in [4.78, 5) is 27.9. The van der Waals surface area contributed by atoms with E-state index in [1.54, 1.807) is 36.4 Å². The van der Waals surface area contributed by atoms with Gasteiger partial charge in [0.15, 0.2) is 0 Å². The molecule has 2 aromatic carbocycles. The Balaban J connectivity index is 1.18. The fourth-order valence-corrected chi connectivity index (χ4v) is 5.07. The minimum atomic E-state index is -0.473. The third kappa shape index (κ3) is 8.65. The van der Waals surface area contributed by atoms with Crippen LogP contribution in [0, 0.1) is 0 Å². The summed E-state index contributed by atoms with van der Waals surface area (Å²) < 4.78 is 34.2. The van der Waals surface area contributed by atoms with Crippen LogP contribution < -0.4 is 11.3 Å². The lowest BCUT2D eigenvalue weighted by Crippen LogP contribution is -2.33. The SMILES string of the molecule is O=c1ccc2ccc(O)c(CN3CCOCCOCCN(Cc4c(O)ccc5ccc(=O)oc45)CCOCCOCC3)c2o1. The van der Waals surface area contributed by atoms with Gasteiger partial charge in [-0.3, -0.25) is 9.80 Å². The Bertz CT molecular complexity index is 1490.